The molecule has 3 N–H and O–H groups in total. The quantitative estimate of drug-likeness (QED) is 0.388. The molecule has 0 saturated heterocycles. The summed E-state index contributed by atoms with van der Waals surface area (Å²) < 4.78 is 10.0. The molecule has 0 saturated carbocycles. The van der Waals surface area contributed by atoms with Crippen LogP contribution in [0.1, 0.15) is 38.3 Å². The van der Waals surface area contributed by atoms with Crippen molar-refractivity contribution in [2.45, 2.75) is 58.3 Å². The monoisotopic (exact) mass is 497 g/mol. The molecule has 3 amide bonds. The highest BCUT2D eigenvalue weighted by Crippen LogP contribution is 2.08. The van der Waals surface area contributed by atoms with Crippen molar-refractivity contribution in [3.05, 3.63) is 71.8 Å². The molecule has 0 spiro atoms. The summed E-state index contributed by atoms with van der Waals surface area (Å²) >= 11 is 0. The van der Waals surface area contributed by atoms with Crippen molar-refractivity contribution < 1.29 is 28.7 Å². The third kappa shape index (κ3) is 9.77. The summed E-state index contributed by atoms with van der Waals surface area (Å²) in [5, 5.41) is 7.85. The van der Waals surface area contributed by atoms with Crippen LogP contribution < -0.4 is 16.0 Å². The second-order valence-electron chi connectivity index (χ2n) is 8.89. The first-order valence-electron chi connectivity index (χ1n) is 11.9. The van der Waals surface area contributed by atoms with E-state index in [4.69, 9.17) is 9.47 Å². The molecule has 0 fully saturated rings. The largest absolute Gasteiger partial charge is 0.467 e. The van der Waals surface area contributed by atoms with Crippen LogP contribution in [-0.4, -0.2) is 49.1 Å². The number of esters is 1. The van der Waals surface area contributed by atoms with Gasteiger partial charge in [-0.15, -0.1) is 0 Å². The molecule has 9 heteroatoms. The Bertz CT molecular complexity index is 997. The number of benzene rings is 2. The van der Waals surface area contributed by atoms with E-state index in [9.17, 15) is 19.2 Å². The molecule has 9 nitrogen and oxygen atoms in total. The van der Waals surface area contributed by atoms with Crippen molar-refractivity contribution in [3.8, 4) is 0 Å². The number of ether oxygens (including phenoxy) is 2. The molecule has 0 aromatic heterocycles. The fraction of sp³-hybridized carbons (Fsp3) is 0.407. The van der Waals surface area contributed by atoms with Gasteiger partial charge in [0.25, 0.3) is 0 Å². The molecular formula is C27H35N3O6. The van der Waals surface area contributed by atoms with Gasteiger partial charge in [0, 0.05) is 6.42 Å². The summed E-state index contributed by atoms with van der Waals surface area (Å²) in [7, 11) is 1.25. The number of methoxy groups -OCH3 is 1. The number of alkyl carbamates (subject to hydrolysis) is 1. The van der Waals surface area contributed by atoms with Gasteiger partial charge in [-0.05, 0) is 30.4 Å². The first kappa shape index (κ1) is 28.4. The second kappa shape index (κ2) is 14.5. The van der Waals surface area contributed by atoms with Gasteiger partial charge in [0.15, 0.2) is 0 Å². The first-order valence-corrected chi connectivity index (χ1v) is 11.9. The predicted octanol–water partition coefficient (Wildman–Crippen LogP) is 2.73. The molecule has 2 aromatic rings. The highest BCUT2D eigenvalue weighted by Gasteiger charge is 2.28. The summed E-state index contributed by atoms with van der Waals surface area (Å²) in [5.74, 6) is -1.51. The normalized spacial score (nSPS) is 13.1. The van der Waals surface area contributed by atoms with E-state index in [1.54, 1.807) is 0 Å². The zero-order valence-corrected chi connectivity index (χ0v) is 21.2. The van der Waals surface area contributed by atoms with Crippen molar-refractivity contribution >= 4 is 23.9 Å². The lowest BCUT2D eigenvalue weighted by molar-refractivity contribution is -0.145. The van der Waals surface area contributed by atoms with Gasteiger partial charge in [-0.2, -0.15) is 0 Å². The molecule has 0 radical (unpaired) electrons. The minimum atomic E-state index is -0.988. The predicted molar refractivity (Wildman–Crippen MR) is 135 cm³/mol. The van der Waals surface area contributed by atoms with E-state index in [2.05, 4.69) is 16.0 Å². The molecule has 2 rings (SSSR count). The van der Waals surface area contributed by atoms with Gasteiger partial charge in [-0.25, -0.2) is 9.59 Å². The van der Waals surface area contributed by atoms with E-state index in [1.807, 2.05) is 74.5 Å². The number of carbonyl (C=O) groups excluding carboxylic acids is 4. The van der Waals surface area contributed by atoms with Gasteiger partial charge in [-0.1, -0.05) is 74.5 Å². The van der Waals surface area contributed by atoms with E-state index < -0.39 is 42.0 Å². The third-order valence-corrected chi connectivity index (χ3v) is 5.37. The van der Waals surface area contributed by atoms with Gasteiger partial charge in [0.05, 0.1) is 7.11 Å². The SMILES string of the molecule is COC(=O)[C@H](CC(C)C)NC(=O)[C@H](C)NC(=O)[C@H](Cc1ccccc1)NC(=O)OCc1ccccc1. The highest BCUT2D eigenvalue weighted by molar-refractivity contribution is 5.92. The van der Waals surface area contributed by atoms with E-state index in [0.717, 1.165) is 11.1 Å². The topological polar surface area (TPSA) is 123 Å². The van der Waals surface area contributed by atoms with Gasteiger partial charge < -0.3 is 25.4 Å². The second-order valence-corrected chi connectivity index (χ2v) is 8.89. The summed E-state index contributed by atoms with van der Waals surface area (Å²) in [5.41, 5.74) is 1.63. The van der Waals surface area contributed by atoms with Crippen LogP contribution in [0.3, 0.4) is 0 Å². The standard InChI is InChI=1S/C27H35N3O6/c1-18(2)15-23(26(33)35-4)29-24(31)19(3)28-25(32)22(16-20-11-7-5-8-12-20)30-27(34)36-17-21-13-9-6-10-14-21/h5-14,18-19,22-23H,15-17H2,1-4H3,(H,28,32)(H,29,31)(H,30,34)/t19-,22-,23-/m0/s1. The molecule has 36 heavy (non-hydrogen) atoms. The number of amides is 3. The molecule has 2 aromatic carbocycles. The van der Waals surface area contributed by atoms with Crippen molar-refractivity contribution in [2.24, 2.45) is 5.92 Å². The Morgan fingerprint density at radius 1 is 0.750 bits per heavy atom. The first-order chi connectivity index (χ1) is 17.2. The number of hydrogen-bond acceptors (Lipinski definition) is 6. The van der Waals surface area contributed by atoms with Gasteiger partial charge in [0.2, 0.25) is 11.8 Å². The van der Waals surface area contributed by atoms with Gasteiger partial charge in [0.1, 0.15) is 24.7 Å². The summed E-state index contributed by atoms with van der Waals surface area (Å²) in [6.07, 6.45) is -0.167. The Hall–Kier alpha value is -3.88. The van der Waals surface area contributed by atoms with Gasteiger partial charge in [-0.3, -0.25) is 9.59 Å². The molecule has 3 atom stereocenters. The van der Waals surface area contributed by atoms with Crippen LogP contribution in [0.15, 0.2) is 60.7 Å². The summed E-state index contributed by atoms with van der Waals surface area (Å²) in [6.45, 7) is 5.40. The minimum Gasteiger partial charge on any atom is -0.467 e. The minimum absolute atomic E-state index is 0.0515. The van der Waals surface area contributed by atoms with Gasteiger partial charge >= 0.3 is 12.1 Å². The average Bonchev–Trinajstić information content (AvgIpc) is 2.87. The smallest absolute Gasteiger partial charge is 0.408 e. The molecule has 0 heterocycles. The van der Waals surface area contributed by atoms with Crippen molar-refractivity contribution in [2.75, 3.05) is 7.11 Å². The summed E-state index contributed by atoms with van der Waals surface area (Å²) in [4.78, 5) is 50.3. The summed E-state index contributed by atoms with van der Waals surface area (Å²) in [6, 6.07) is 15.6. The lowest BCUT2D eigenvalue weighted by atomic mass is 10.0. The molecule has 0 aliphatic carbocycles. The van der Waals surface area contributed by atoms with E-state index in [0.29, 0.717) is 6.42 Å². The number of nitrogens with one attached hydrogen (secondary N) is 3. The zero-order valence-electron chi connectivity index (χ0n) is 21.2. The van der Waals surface area contributed by atoms with Crippen molar-refractivity contribution in [1.29, 1.82) is 0 Å². The Kier molecular flexibility index (Phi) is 11.4. The highest BCUT2D eigenvalue weighted by atomic mass is 16.5. The van der Waals surface area contributed by atoms with Crippen molar-refractivity contribution in [1.82, 2.24) is 16.0 Å². The average molecular weight is 498 g/mol. The lowest BCUT2D eigenvalue weighted by Crippen LogP contribution is -2.55. The van der Waals surface area contributed by atoms with Crippen LogP contribution in [0.2, 0.25) is 0 Å². The maximum atomic E-state index is 13.1. The van der Waals surface area contributed by atoms with Crippen LogP contribution in [0.4, 0.5) is 4.79 Å². The fourth-order valence-electron chi connectivity index (χ4n) is 3.47. The van der Waals surface area contributed by atoms with Crippen LogP contribution >= 0.6 is 0 Å². The Labute approximate surface area is 211 Å². The number of carbonyl (C=O) groups is 4. The van der Waals surface area contributed by atoms with Crippen LogP contribution in [0.25, 0.3) is 0 Å². The molecule has 0 aliphatic heterocycles. The maximum absolute atomic E-state index is 13.1. The fourth-order valence-corrected chi connectivity index (χ4v) is 3.47. The third-order valence-electron chi connectivity index (χ3n) is 5.37. The Morgan fingerprint density at radius 2 is 1.33 bits per heavy atom. The van der Waals surface area contributed by atoms with E-state index >= 15 is 0 Å². The molecule has 0 bridgehead atoms. The molecule has 0 aliphatic rings. The Morgan fingerprint density at radius 3 is 1.89 bits per heavy atom. The number of hydrogen-bond donors (Lipinski definition) is 3. The molecular weight excluding hydrogens is 462 g/mol. The maximum Gasteiger partial charge on any atom is 0.408 e. The molecule has 0 unspecified atom stereocenters. The number of rotatable bonds is 12. The van der Waals surface area contributed by atoms with Crippen LogP contribution in [0.5, 0.6) is 0 Å². The molecule has 194 valence electrons. The van der Waals surface area contributed by atoms with E-state index in [-0.39, 0.29) is 18.9 Å². The zero-order chi connectivity index (χ0) is 26.5. The van der Waals surface area contributed by atoms with E-state index in [1.165, 1.54) is 14.0 Å². The van der Waals surface area contributed by atoms with Crippen LogP contribution in [-0.2, 0) is 36.9 Å². The van der Waals surface area contributed by atoms with Crippen molar-refractivity contribution in [3.63, 3.8) is 0 Å². The Balaban J connectivity index is 2.04. The lowest BCUT2D eigenvalue weighted by Gasteiger charge is -2.23. The van der Waals surface area contributed by atoms with Crippen LogP contribution in [0, 0.1) is 5.92 Å².